The summed E-state index contributed by atoms with van der Waals surface area (Å²) >= 11 is 0. The zero-order chi connectivity index (χ0) is 58.2. The van der Waals surface area contributed by atoms with Crippen LogP contribution >= 0.6 is 0 Å². The first kappa shape index (κ1) is 57.5. The van der Waals surface area contributed by atoms with Gasteiger partial charge in [-0.25, -0.2) is 26.1 Å². The van der Waals surface area contributed by atoms with Crippen LogP contribution in [0.1, 0.15) is 68.1 Å². The van der Waals surface area contributed by atoms with E-state index in [4.69, 9.17) is 13.8 Å². The Morgan fingerprint density at radius 3 is 1.58 bits per heavy atom. The molecule has 4 fully saturated rings. The maximum absolute atomic E-state index is 16.9. The normalized spacial score (nSPS) is 24.8. The Balaban J connectivity index is 1.16. The number of halogens is 3. The molecule has 23 heteroatoms. The largest absolute Gasteiger partial charge is 0.491 e. The summed E-state index contributed by atoms with van der Waals surface area (Å²) in [4.78, 5) is 46.6. The number of nitrogens with zero attached hydrogens (tertiary/aromatic N) is 8. The molecule has 4 aliphatic heterocycles. The summed E-state index contributed by atoms with van der Waals surface area (Å²) in [5.41, 5.74) is 3.00. The molecule has 0 aliphatic carbocycles. The molecule has 81 heavy (non-hydrogen) atoms. The second-order valence-electron chi connectivity index (χ2n) is 22.3. The number of piperazine rings is 2. The third kappa shape index (κ3) is 9.65. The molecule has 6 atom stereocenters. The highest BCUT2D eigenvalue weighted by Crippen LogP contribution is 2.52. The van der Waals surface area contributed by atoms with E-state index in [9.17, 15) is 18.0 Å². The van der Waals surface area contributed by atoms with Gasteiger partial charge in [-0.3, -0.25) is 14.1 Å². The van der Waals surface area contributed by atoms with Gasteiger partial charge < -0.3 is 23.6 Å². The number of aryl methyl sites for hydroxylation is 8. The fourth-order valence-corrected chi connectivity index (χ4v) is 17.3. The Hall–Kier alpha value is -6.76. The lowest BCUT2D eigenvalue weighted by Crippen LogP contribution is -2.85. The van der Waals surface area contributed by atoms with Gasteiger partial charge in [0.15, 0.2) is 11.5 Å². The van der Waals surface area contributed by atoms with E-state index in [0.717, 1.165) is 27.3 Å². The fourth-order valence-electron chi connectivity index (χ4n) is 13.8. The van der Waals surface area contributed by atoms with Gasteiger partial charge in [0.1, 0.15) is 70.8 Å². The SMILES string of the molecule is Cc1ccc(C)c([N+]2([C@H]3CN(S(=O)(=O)c4c(C)noc4C)C[C@H]3c3ccccc3)CCN(C(=O)C3(OC(=O)C(F)(F)F)CN(C=O)CC[N@+]3(c3cc(C)ccc3C)[C@H]3CN(S(=O)(=O)c4c(C)noc4C)C[C@H]3c3ccccc3)CC2)c1. The molecule has 0 saturated carbocycles. The average Bonchev–Trinajstić information content (AvgIpc) is 4.36. The number of hydrogen-bond donors (Lipinski definition) is 0. The summed E-state index contributed by atoms with van der Waals surface area (Å²) in [6.07, 6.45) is -5.23. The zero-order valence-corrected chi connectivity index (χ0v) is 48.1. The van der Waals surface area contributed by atoms with Crippen molar-refractivity contribution < 1.29 is 58.2 Å². The predicted octanol–water partition coefficient (Wildman–Crippen LogP) is 7.27. The van der Waals surface area contributed by atoms with E-state index in [-0.39, 0.29) is 103 Å². The summed E-state index contributed by atoms with van der Waals surface area (Å²) < 4.78 is 125. The minimum atomic E-state index is -5.65. The summed E-state index contributed by atoms with van der Waals surface area (Å²) in [6.45, 7) is 11.7. The number of rotatable bonds is 13. The molecule has 6 heterocycles. The molecule has 0 N–H and O–H groups in total. The monoisotopic (exact) mass is 1160 g/mol. The summed E-state index contributed by atoms with van der Waals surface area (Å²) in [7, 11) is -8.69. The number of carbonyl (C=O) groups is 3. The number of hydrogen-bond acceptors (Lipinski definition) is 12. The lowest BCUT2D eigenvalue weighted by atomic mass is 9.85. The van der Waals surface area contributed by atoms with Gasteiger partial charge in [-0.1, -0.05) is 95.2 Å². The summed E-state index contributed by atoms with van der Waals surface area (Å²) in [5, 5.41) is 7.91. The fraction of sp³-hybridized carbons (Fsp3) is 0.431. The van der Waals surface area contributed by atoms with Gasteiger partial charge in [-0.05, 0) is 77.6 Å². The molecule has 0 radical (unpaired) electrons. The third-order valence-electron chi connectivity index (χ3n) is 17.5. The lowest BCUT2D eigenvalue weighted by Gasteiger charge is -2.59. The third-order valence-corrected chi connectivity index (χ3v) is 21.7. The van der Waals surface area contributed by atoms with Crippen LogP contribution < -0.4 is 8.97 Å². The number of amides is 2. The van der Waals surface area contributed by atoms with E-state index in [2.05, 4.69) is 16.4 Å². The van der Waals surface area contributed by atoms with E-state index in [1.54, 1.807) is 70.2 Å². The summed E-state index contributed by atoms with van der Waals surface area (Å²) in [6, 6.07) is 28.1. The zero-order valence-electron chi connectivity index (χ0n) is 46.5. The highest BCUT2D eigenvalue weighted by molar-refractivity contribution is 7.89. The van der Waals surface area contributed by atoms with Gasteiger partial charge in [0.05, 0.1) is 44.6 Å². The predicted molar refractivity (Wildman–Crippen MR) is 295 cm³/mol. The van der Waals surface area contributed by atoms with Crippen molar-refractivity contribution >= 4 is 49.7 Å². The highest BCUT2D eigenvalue weighted by Gasteiger charge is 2.73. The van der Waals surface area contributed by atoms with Crippen molar-refractivity contribution in [3.8, 4) is 0 Å². The Labute approximate surface area is 469 Å². The van der Waals surface area contributed by atoms with E-state index < -0.39 is 78.8 Å². The summed E-state index contributed by atoms with van der Waals surface area (Å²) in [5.74, 6) is -4.79. The molecule has 0 spiro atoms. The quantitative estimate of drug-likeness (QED) is 0.0639. The average molecular weight is 1160 g/mol. The maximum atomic E-state index is 16.9. The van der Waals surface area contributed by atoms with Crippen LogP contribution in [0.15, 0.2) is 116 Å². The van der Waals surface area contributed by atoms with E-state index in [0.29, 0.717) is 28.8 Å². The molecule has 4 aliphatic rings. The number of aromatic nitrogens is 2. The van der Waals surface area contributed by atoms with Crippen molar-refractivity contribution in [2.24, 2.45) is 0 Å². The Morgan fingerprint density at radius 2 is 1.11 bits per heavy atom. The van der Waals surface area contributed by atoms with E-state index in [1.807, 2.05) is 62.4 Å². The molecule has 430 valence electrons. The van der Waals surface area contributed by atoms with E-state index in [1.165, 1.54) is 27.4 Å². The maximum Gasteiger partial charge on any atom is 0.491 e. The smallest absolute Gasteiger partial charge is 0.392 e. The Bertz CT molecular complexity index is 3590. The van der Waals surface area contributed by atoms with Gasteiger partial charge in [0.2, 0.25) is 26.5 Å². The van der Waals surface area contributed by atoms with Crippen LogP contribution in [-0.4, -0.2) is 160 Å². The number of ether oxygens (including phenoxy) is 1. The van der Waals surface area contributed by atoms with Crippen molar-refractivity contribution in [1.29, 1.82) is 0 Å². The van der Waals surface area contributed by atoms with Crippen LogP contribution in [0, 0.1) is 55.4 Å². The molecule has 1 unspecified atom stereocenters. The van der Waals surface area contributed by atoms with Crippen LogP contribution in [0.3, 0.4) is 0 Å². The highest BCUT2D eigenvalue weighted by atomic mass is 32.2. The molecule has 0 bridgehead atoms. The van der Waals surface area contributed by atoms with Crippen molar-refractivity contribution in [3.63, 3.8) is 0 Å². The molecule has 6 aromatic rings. The van der Waals surface area contributed by atoms with Gasteiger partial charge in [-0.15, -0.1) is 0 Å². The number of benzene rings is 4. The van der Waals surface area contributed by atoms with Crippen LogP contribution in [0.2, 0.25) is 0 Å². The lowest BCUT2D eigenvalue weighted by molar-refractivity contribution is -0.242. The van der Waals surface area contributed by atoms with Crippen LogP contribution in [-0.2, 0) is 39.2 Å². The van der Waals surface area contributed by atoms with Crippen molar-refractivity contribution in [2.45, 2.75) is 101 Å². The first-order chi connectivity index (χ1) is 38.3. The number of carbonyl (C=O) groups excluding carboxylic acids is 3. The van der Waals surface area contributed by atoms with Crippen molar-refractivity contribution in [3.05, 3.63) is 153 Å². The Kier molecular flexibility index (Phi) is 15.0. The van der Waals surface area contributed by atoms with Crippen molar-refractivity contribution in [2.75, 3.05) is 72.0 Å². The van der Waals surface area contributed by atoms with Gasteiger partial charge in [0, 0.05) is 36.3 Å². The molecule has 4 saturated heterocycles. The molecule has 4 aromatic carbocycles. The number of alkyl halides is 3. The van der Waals surface area contributed by atoms with Gasteiger partial charge >= 0.3 is 23.8 Å². The minimum absolute atomic E-state index is 0.0223. The molecule has 2 amide bonds. The minimum Gasteiger partial charge on any atom is -0.392 e. The van der Waals surface area contributed by atoms with Crippen molar-refractivity contribution in [1.82, 2.24) is 37.7 Å². The topological polar surface area (TPSA) is 194 Å². The number of sulfonamides is 2. The molecule has 18 nitrogen and oxygen atoms in total. The first-order valence-electron chi connectivity index (χ1n) is 27.0. The van der Waals surface area contributed by atoms with Gasteiger partial charge in [0.25, 0.3) is 0 Å². The van der Waals surface area contributed by atoms with Crippen LogP contribution in [0.4, 0.5) is 24.5 Å². The first-order valence-corrected chi connectivity index (χ1v) is 29.8. The second kappa shape index (κ2) is 21.2. The van der Waals surface area contributed by atoms with Crippen LogP contribution in [0.5, 0.6) is 0 Å². The van der Waals surface area contributed by atoms with Crippen LogP contribution in [0.25, 0.3) is 0 Å². The molecule has 10 rings (SSSR count). The standard InChI is InChI=1S/C58H67F3N8O10S2/c1-37-19-21-39(3)49(29-37)68(51-33-66(31-47(51)45-15-11-9-12-16-45)80(73,74)53-41(5)62-78-43(53)7)26-24-65(25-27-68)55(71)57(77-56(72)58(59,60)61)35-64(36-70)23-28-69(57,50-30-38(2)20-22-40(50)4)52-34-67(32-48(52)46-17-13-10-14-18-46)81(75,76)54-42(6)63-79-44(54)8/h9-22,29-30,36,47-48,51-52H,23-28,31-35H2,1-8H3/q+2/t47-,48-,51-,52-,57?,69-/m0/s1. The number of esters is 1. The van der Waals surface area contributed by atoms with E-state index >= 15 is 26.4 Å². The van der Waals surface area contributed by atoms with Gasteiger partial charge in [-0.2, -0.15) is 21.8 Å². The molecular weight excluding hydrogens is 1090 g/mol. The molecule has 2 aromatic heterocycles. The number of quaternary nitrogens is 2. The Morgan fingerprint density at radius 1 is 0.642 bits per heavy atom. The molecular formula is C58H67F3N8O10S2+2. The second-order valence-corrected chi connectivity index (χ2v) is 26.1.